The van der Waals surface area contributed by atoms with Gasteiger partial charge in [0.1, 0.15) is 0 Å². The van der Waals surface area contributed by atoms with Crippen molar-refractivity contribution in [1.29, 1.82) is 0 Å². The number of hydrazone groups is 1. The number of amides is 1. The molecule has 1 aliphatic rings. The number of carbonyl (C=O) groups excluding carboxylic acids is 1. The van der Waals surface area contributed by atoms with Crippen molar-refractivity contribution in [2.45, 2.75) is 12.8 Å². The van der Waals surface area contributed by atoms with Crippen molar-refractivity contribution < 1.29 is 14.5 Å². The smallest absolute Gasteiger partial charge is 0.310 e. The van der Waals surface area contributed by atoms with Crippen LogP contribution in [0.4, 0.5) is 5.69 Å². The van der Waals surface area contributed by atoms with Crippen LogP contribution in [0.1, 0.15) is 17.5 Å². The average molecular weight is 325 g/mol. The molecule has 0 fully saturated rings. The summed E-state index contributed by atoms with van der Waals surface area (Å²) in [6.07, 6.45) is 1.67. The van der Waals surface area contributed by atoms with Gasteiger partial charge in [0.25, 0.3) is 5.91 Å². The van der Waals surface area contributed by atoms with Crippen molar-refractivity contribution in [1.82, 2.24) is 5.43 Å². The first-order valence-corrected chi connectivity index (χ1v) is 7.45. The minimum Gasteiger partial charge on any atom is -0.477 e. The molecule has 1 N–H and O–H groups in total. The third-order valence-corrected chi connectivity index (χ3v) is 3.70. The van der Waals surface area contributed by atoms with Crippen LogP contribution in [0.3, 0.4) is 0 Å². The van der Waals surface area contributed by atoms with Crippen LogP contribution in [0.15, 0.2) is 53.6 Å². The topological polar surface area (TPSA) is 93.8 Å². The second-order valence-corrected chi connectivity index (χ2v) is 5.26. The average Bonchev–Trinajstić information content (AvgIpc) is 3.01. The first-order valence-electron chi connectivity index (χ1n) is 7.45. The number of nitrogens with zero attached hydrogens (tertiary/aromatic N) is 2. The fourth-order valence-electron chi connectivity index (χ4n) is 2.56. The number of nitro benzene ring substituents is 1. The molecule has 1 aliphatic carbocycles. The van der Waals surface area contributed by atoms with Crippen LogP contribution in [-0.2, 0) is 11.2 Å². The van der Waals surface area contributed by atoms with Crippen LogP contribution < -0.4 is 10.2 Å². The number of fused-ring (bicyclic) bond motifs is 1. The molecule has 0 saturated carbocycles. The lowest BCUT2D eigenvalue weighted by Gasteiger charge is -2.06. The summed E-state index contributed by atoms with van der Waals surface area (Å²) in [5, 5.41) is 15.0. The lowest BCUT2D eigenvalue weighted by Crippen LogP contribution is -2.25. The zero-order chi connectivity index (χ0) is 16.9. The minimum atomic E-state index is -0.553. The summed E-state index contributed by atoms with van der Waals surface area (Å²) in [6.45, 7) is -0.344. The summed E-state index contributed by atoms with van der Waals surface area (Å²) in [6, 6.07) is 13.8. The molecule has 0 unspecified atom stereocenters. The van der Waals surface area contributed by atoms with Crippen molar-refractivity contribution in [2.75, 3.05) is 6.61 Å². The van der Waals surface area contributed by atoms with E-state index in [1.165, 1.54) is 23.8 Å². The highest BCUT2D eigenvalue weighted by Gasteiger charge is 2.18. The normalized spacial score (nSPS) is 14.2. The van der Waals surface area contributed by atoms with E-state index in [0.29, 0.717) is 0 Å². The second kappa shape index (κ2) is 6.91. The lowest BCUT2D eigenvalue weighted by atomic mass is 10.1. The van der Waals surface area contributed by atoms with Crippen molar-refractivity contribution >= 4 is 17.3 Å². The highest BCUT2D eigenvalue weighted by atomic mass is 16.6. The number of hydrogen-bond acceptors (Lipinski definition) is 5. The Labute approximate surface area is 138 Å². The Kier molecular flexibility index (Phi) is 4.51. The summed E-state index contributed by atoms with van der Waals surface area (Å²) in [5.74, 6) is -0.415. The van der Waals surface area contributed by atoms with Crippen LogP contribution >= 0.6 is 0 Å². The van der Waals surface area contributed by atoms with Crippen LogP contribution in [0, 0.1) is 10.1 Å². The van der Waals surface area contributed by atoms with E-state index >= 15 is 0 Å². The molecule has 24 heavy (non-hydrogen) atoms. The standard InChI is InChI=1S/C17H15N3O4/c21-17(11-24-16-8-4-3-7-15(16)20(22)23)19-18-14-10-9-12-5-1-2-6-13(12)14/h1-8H,9-11H2,(H,19,21). The Hall–Kier alpha value is -3.22. The number of rotatable bonds is 5. The van der Waals surface area contributed by atoms with Gasteiger partial charge < -0.3 is 4.74 Å². The lowest BCUT2D eigenvalue weighted by molar-refractivity contribution is -0.385. The molecule has 2 aromatic rings. The van der Waals surface area contributed by atoms with E-state index in [-0.39, 0.29) is 18.0 Å². The van der Waals surface area contributed by atoms with Gasteiger partial charge in [-0.3, -0.25) is 14.9 Å². The van der Waals surface area contributed by atoms with Crippen molar-refractivity contribution in [3.63, 3.8) is 0 Å². The number of benzene rings is 2. The SMILES string of the molecule is O=C(COc1ccccc1[N+](=O)[O-])NN=C1CCc2ccccc21. The largest absolute Gasteiger partial charge is 0.477 e. The van der Waals surface area contributed by atoms with Crippen molar-refractivity contribution in [3.05, 3.63) is 69.8 Å². The Morgan fingerprint density at radius 2 is 1.92 bits per heavy atom. The summed E-state index contributed by atoms with van der Waals surface area (Å²) in [7, 11) is 0. The first-order chi connectivity index (χ1) is 11.6. The molecule has 0 aliphatic heterocycles. The van der Waals surface area contributed by atoms with Gasteiger partial charge in [-0.05, 0) is 24.5 Å². The van der Waals surface area contributed by atoms with E-state index in [2.05, 4.69) is 10.5 Å². The van der Waals surface area contributed by atoms with Crippen molar-refractivity contribution in [2.24, 2.45) is 5.10 Å². The number of carbonyl (C=O) groups is 1. The number of para-hydroxylation sites is 2. The molecule has 0 aromatic heterocycles. The van der Waals surface area contributed by atoms with Crippen molar-refractivity contribution in [3.8, 4) is 5.75 Å². The van der Waals surface area contributed by atoms with Crippen LogP contribution in [0.5, 0.6) is 5.75 Å². The van der Waals surface area contributed by atoms with Gasteiger partial charge in [-0.15, -0.1) is 0 Å². The molecule has 0 saturated heterocycles. The molecule has 7 heteroatoms. The number of nitro groups is 1. The fourth-order valence-corrected chi connectivity index (χ4v) is 2.56. The quantitative estimate of drug-likeness (QED) is 0.675. The Bertz CT molecular complexity index is 817. The molecule has 1 amide bonds. The number of aryl methyl sites for hydroxylation is 1. The predicted molar refractivity (Wildman–Crippen MR) is 88.0 cm³/mol. The molecule has 7 nitrogen and oxygen atoms in total. The summed E-state index contributed by atoms with van der Waals surface area (Å²) in [5.41, 5.74) is 5.33. The predicted octanol–water partition coefficient (Wildman–Crippen LogP) is 2.44. The van der Waals surface area contributed by atoms with Gasteiger partial charge in [0.2, 0.25) is 0 Å². The molecule has 0 bridgehead atoms. The number of nitrogens with one attached hydrogen (secondary N) is 1. The Balaban J connectivity index is 1.60. The van der Waals surface area contributed by atoms with Gasteiger partial charge in [-0.2, -0.15) is 5.10 Å². The maximum absolute atomic E-state index is 11.9. The zero-order valence-corrected chi connectivity index (χ0v) is 12.8. The monoisotopic (exact) mass is 325 g/mol. The van der Waals surface area contributed by atoms with E-state index in [1.807, 2.05) is 24.3 Å². The zero-order valence-electron chi connectivity index (χ0n) is 12.8. The first kappa shape index (κ1) is 15.7. The van der Waals surface area contributed by atoms with Crippen LogP contribution in [-0.4, -0.2) is 23.1 Å². The van der Waals surface area contributed by atoms with E-state index < -0.39 is 10.8 Å². The third kappa shape index (κ3) is 3.40. The highest BCUT2D eigenvalue weighted by Crippen LogP contribution is 2.25. The van der Waals surface area contributed by atoms with Gasteiger partial charge in [0, 0.05) is 11.6 Å². The summed E-state index contributed by atoms with van der Waals surface area (Å²) in [4.78, 5) is 22.2. The number of hydrogen-bond donors (Lipinski definition) is 1. The van der Waals surface area contributed by atoms with E-state index in [1.54, 1.807) is 6.07 Å². The molecule has 0 radical (unpaired) electrons. The Morgan fingerprint density at radius 1 is 1.17 bits per heavy atom. The van der Waals surface area contributed by atoms with Gasteiger partial charge in [-0.25, -0.2) is 5.43 Å². The van der Waals surface area contributed by atoms with E-state index in [4.69, 9.17) is 4.74 Å². The van der Waals surface area contributed by atoms with E-state index in [9.17, 15) is 14.9 Å². The molecule has 2 aromatic carbocycles. The van der Waals surface area contributed by atoms with E-state index in [0.717, 1.165) is 24.1 Å². The summed E-state index contributed by atoms with van der Waals surface area (Å²) < 4.78 is 5.22. The molecular weight excluding hydrogens is 310 g/mol. The van der Waals surface area contributed by atoms with Gasteiger partial charge >= 0.3 is 5.69 Å². The molecule has 0 heterocycles. The van der Waals surface area contributed by atoms with Gasteiger partial charge in [-0.1, -0.05) is 36.4 Å². The summed E-state index contributed by atoms with van der Waals surface area (Å²) >= 11 is 0. The molecule has 0 atom stereocenters. The minimum absolute atomic E-state index is 0.0523. The maximum atomic E-state index is 11.9. The maximum Gasteiger partial charge on any atom is 0.310 e. The molecule has 0 spiro atoms. The molecule has 3 rings (SSSR count). The highest BCUT2D eigenvalue weighted by molar-refractivity contribution is 6.04. The van der Waals surface area contributed by atoms with Crippen LogP contribution in [0.2, 0.25) is 0 Å². The number of ether oxygens (including phenoxy) is 1. The molecular formula is C17H15N3O4. The third-order valence-electron chi connectivity index (χ3n) is 3.70. The fraction of sp³-hybridized carbons (Fsp3) is 0.176. The van der Waals surface area contributed by atoms with Crippen LogP contribution in [0.25, 0.3) is 0 Å². The second-order valence-electron chi connectivity index (χ2n) is 5.26. The van der Waals surface area contributed by atoms with Gasteiger partial charge in [0.15, 0.2) is 12.4 Å². The van der Waals surface area contributed by atoms with Gasteiger partial charge in [0.05, 0.1) is 10.6 Å². The Morgan fingerprint density at radius 3 is 2.75 bits per heavy atom. The molecule has 122 valence electrons.